The third-order valence-electron chi connectivity index (χ3n) is 3.41. The lowest BCUT2D eigenvalue weighted by Crippen LogP contribution is -2.42. The highest BCUT2D eigenvalue weighted by atomic mass is 16.5. The van der Waals surface area contributed by atoms with Gasteiger partial charge < -0.3 is 9.84 Å². The molecule has 1 saturated heterocycles. The number of nitrogens with zero attached hydrogens (tertiary/aromatic N) is 2. The Morgan fingerprint density at radius 3 is 2.63 bits per heavy atom. The summed E-state index contributed by atoms with van der Waals surface area (Å²) in [6.45, 7) is 6.93. The van der Waals surface area contributed by atoms with Crippen molar-refractivity contribution in [3.05, 3.63) is 26.4 Å². The van der Waals surface area contributed by atoms with Crippen LogP contribution in [0.15, 0.2) is 9.59 Å². The Hall–Kier alpha value is -1.60. The lowest BCUT2D eigenvalue weighted by molar-refractivity contribution is 0.0319. The first-order valence-electron chi connectivity index (χ1n) is 6.35. The van der Waals surface area contributed by atoms with Crippen molar-refractivity contribution in [2.45, 2.75) is 19.9 Å². The van der Waals surface area contributed by atoms with E-state index in [4.69, 9.17) is 4.74 Å². The minimum absolute atomic E-state index is 0.161. The van der Waals surface area contributed by atoms with Gasteiger partial charge in [-0.25, -0.2) is 4.79 Å². The zero-order valence-corrected chi connectivity index (χ0v) is 11.2. The molecule has 2 N–H and O–H groups in total. The van der Waals surface area contributed by atoms with Gasteiger partial charge in [-0.3, -0.25) is 19.2 Å². The van der Waals surface area contributed by atoms with Gasteiger partial charge in [0.15, 0.2) is 0 Å². The van der Waals surface area contributed by atoms with Gasteiger partial charge in [0.05, 0.1) is 24.8 Å². The first kappa shape index (κ1) is 13.8. The predicted octanol–water partition coefficient (Wildman–Crippen LogP) is -0.556. The third-order valence-corrected chi connectivity index (χ3v) is 3.41. The molecule has 0 radical (unpaired) electrons. The van der Waals surface area contributed by atoms with Gasteiger partial charge in [-0.05, 0) is 13.8 Å². The van der Waals surface area contributed by atoms with Crippen LogP contribution in [0.4, 0.5) is 0 Å². The Labute approximate surface area is 110 Å². The van der Waals surface area contributed by atoms with Crippen LogP contribution in [0.25, 0.3) is 0 Å². The lowest BCUT2D eigenvalue weighted by Gasteiger charge is -2.29. The monoisotopic (exact) mass is 269 g/mol. The average molecular weight is 269 g/mol. The summed E-state index contributed by atoms with van der Waals surface area (Å²) in [6, 6.07) is -0.221. The fraction of sp³-hybridized carbons (Fsp3) is 0.667. The van der Waals surface area contributed by atoms with Gasteiger partial charge in [0.2, 0.25) is 5.88 Å². The maximum absolute atomic E-state index is 11.8. The maximum atomic E-state index is 11.8. The van der Waals surface area contributed by atoms with Crippen molar-refractivity contribution >= 4 is 0 Å². The van der Waals surface area contributed by atoms with Crippen molar-refractivity contribution in [2.24, 2.45) is 0 Å². The highest BCUT2D eigenvalue weighted by molar-refractivity contribution is 5.21. The van der Waals surface area contributed by atoms with Gasteiger partial charge in [0.25, 0.3) is 5.56 Å². The van der Waals surface area contributed by atoms with E-state index in [-0.39, 0.29) is 17.5 Å². The second kappa shape index (κ2) is 5.58. The predicted molar refractivity (Wildman–Crippen MR) is 69.7 cm³/mol. The highest BCUT2D eigenvalue weighted by Crippen LogP contribution is 2.16. The normalized spacial score (nSPS) is 18.4. The molecule has 106 valence electrons. The number of hydrogen-bond donors (Lipinski definition) is 2. The lowest BCUT2D eigenvalue weighted by atomic mass is 10.2. The average Bonchev–Trinajstić information content (AvgIpc) is 2.37. The number of aromatic nitrogens is 2. The first-order chi connectivity index (χ1) is 9.00. The van der Waals surface area contributed by atoms with Crippen molar-refractivity contribution < 1.29 is 9.84 Å². The van der Waals surface area contributed by atoms with Crippen LogP contribution in [0, 0.1) is 6.92 Å². The summed E-state index contributed by atoms with van der Waals surface area (Å²) in [6.07, 6.45) is 0. The molecule has 7 nitrogen and oxygen atoms in total. The molecule has 1 fully saturated rings. The first-order valence-corrected chi connectivity index (χ1v) is 6.35. The van der Waals surface area contributed by atoms with Crippen LogP contribution in [0.3, 0.4) is 0 Å². The molecule has 0 aliphatic carbocycles. The molecule has 1 aromatic rings. The molecular weight excluding hydrogens is 250 g/mol. The summed E-state index contributed by atoms with van der Waals surface area (Å²) < 4.78 is 6.49. The minimum Gasteiger partial charge on any atom is -0.494 e. The van der Waals surface area contributed by atoms with E-state index in [2.05, 4.69) is 9.88 Å². The van der Waals surface area contributed by atoms with Crippen LogP contribution in [0.1, 0.15) is 18.5 Å². The molecule has 0 saturated carbocycles. The zero-order chi connectivity index (χ0) is 14.0. The van der Waals surface area contributed by atoms with Crippen molar-refractivity contribution in [1.82, 2.24) is 14.5 Å². The topological polar surface area (TPSA) is 87.6 Å². The van der Waals surface area contributed by atoms with Crippen molar-refractivity contribution in [3.63, 3.8) is 0 Å². The second-order valence-corrected chi connectivity index (χ2v) is 4.84. The zero-order valence-electron chi connectivity index (χ0n) is 11.2. The number of morpholine rings is 1. The highest BCUT2D eigenvalue weighted by Gasteiger charge is 2.19. The largest absolute Gasteiger partial charge is 0.494 e. The minimum atomic E-state index is -0.575. The molecule has 1 atom stereocenters. The van der Waals surface area contributed by atoms with E-state index in [9.17, 15) is 14.7 Å². The number of H-pyrrole nitrogens is 1. The standard InChI is InChI=1S/C12H19N3O4/c1-8(7-14-3-5-19-6-4-14)15-11(17)9(2)10(16)13-12(15)18/h8,17H,3-7H2,1-2H3,(H,13,16,18). The molecule has 0 spiro atoms. The summed E-state index contributed by atoms with van der Waals surface area (Å²) in [5, 5.41) is 9.96. The van der Waals surface area contributed by atoms with Crippen molar-refractivity contribution in [2.75, 3.05) is 32.8 Å². The molecule has 1 aromatic heterocycles. The van der Waals surface area contributed by atoms with E-state index < -0.39 is 11.2 Å². The van der Waals surface area contributed by atoms with E-state index in [1.165, 1.54) is 11.5 Å². The summed E-state index contributed by atoms with van der Waals surface area (Å²) in [4.78, 5) is 27.6. The number of aromatic hydroxyl groups is 1. The SMILES string of the molecule is Cc1c(O)n(C(C)CN2CCOCC2)c(=O)[nH]c1=O. The van der Waals surface area contributed by atoms with Gasteiger partial charge in [-0.15, -0.1) is 0 Å². The molecule has 2 rings (SSSR count). The van der Waals surface area contributed by atoms with Gasteiger partial charge in [-0.2, -0.15) is 0 Å². The van der Waals surface area contributed by atoms with Crippen LogP contribution in [-0.2, 0) is 4.74 Å². The molecule has 2 heterocycles. The fourth-order valence-corrected chi connectivity index (χ4v) is 2.28. The van der Waals surface area contributed by atoms with Crippen LogP contribution in [0.5, 0.6) is 5.88 Å². The van der Waals surface area contributed by atoms with E-state index in [0.29, 0.717) is 19.8 Å². The Morgan fingerprint density at radius 2 is 2.00 bits per heavy atom. The number of rotatable bonds is 3. The Kier molecular flexibility index (Phi) is 4.06. The van der Waals surface area contributed by atoms with E-state index in [0.717, 1.165) is 13.1 Å². The second-order valence-electron chi connectivity index (χ2n) is 4.84. The summed E-state index contributed by atoms with van der Waals surface area (Å²) >= 11 is 0. The third kappa shape index (κ3) is 2.87. The molecule has 19 heavy (non-hydrogen) atoms. The Morgan fingerprint density at radius 1 is 1.37 bits per heavy atom. The van der Waals surface area contributed by atoms with Gasteiger partial charge in [-0.1, -0.05) is 0 Å². The molecule has 0 bridgehead atoms. The van der Waals surface area contributed by atoms with Gasteiger partial charge in [0, 0.05) is 19.6 Å². The molecular formula is C12H19N3O4. The summed E-state index contributed by atoms with van der Waals surface area (Å²) in [5.74, 6) is -0.255. The maximum Gasteiger partial charge on any atom is 0.331 e. The van der Waals surface area contributed by atoms with Crippen molar-refractivity contribution in [3.8, 4) is 5.88 Å². The smallest absolute Gasteiger partial charge is 0.331 e. The number of aromatic amines is 1. The van der Waals surface area contributed by atoms with Crippen LogP contribution < -0.4 is 11.2 Å². The molecule has 1 aliphatic heterocycles. The number of ether oxygens (including phenoxy) is 1. The molecule has 1 unspecified atom stereocenters. The van der Waals surface area contributed by atoms with Crippen LogP contribution >= 0.6 is 0 Å². The van der Waals surface area contributed by atoms with Crippen molar-refractivity contribution in [1.29, 1.82) is 0 Å². The molecule has 0 amide bonds. The summed E-state index contributed by atoms with van der Waals surface area (Å²) in [7, 11) is 0. The van der Waals surface area contributed by atoms with Gasteiger partial charge in [0.1, 0.15) is 0 Å². The quantitative estimate of drug-likeness (QED) is 0.768. The fourth-order valence-electron chi connectivity index (χ4n) is 2.28. The summed E-state index contributed by atoms with van der Waals surface area (Å²) in [5.41, 5.74) is -0.959. The number of nitrogens with one attached hydrogen (secondary N) is 1. The molecule has 0 aromatic carbocycles. The van der Waals surface area contributed by atoms with E-state index >= 15 is 0 Å². The van der Waals surface area contributed by atoms with E-state index in [1.807, 2.05) is 6.92 Å². The van der Waals surface area contributed by atoms with Crippen LogP contribution in [0.2, 0.25) is 0 Å². The van der Waals surface area contributed by atoms with Crippen LogP contribution in [-0.4, -0.2) is 52.4 Å². The Bertz CT molecular complexity index is 557. The van der Waals surface area contributed by atoms with E-state index in [1.54, 1.807) is 0 Å². The Balaban J connectivity index is 2.23. The van der Waals surface area contributed by atoms with Gasteiger partial charge >= 0.3 is 5.69 Å². The molecule has 1 aliphatic rings. The number of hydrogen-bond acceptors (Lipinski definition) is 5. The molecule has 7 heteroatoms.